The molecular weight excluding hydrogens is 157 g/mol. The van der Waals surface area contributed by atoms with Crippen LogP contribution in [0.5, 0.6) is 0 Å². The molecule has 0 atom stereocenters. The third-order valence-electron chi connectivity index (χ3n) is 1.36. The van der Waals surface area contributed by atoms with Crippen molar-refractivity contribution in [1.29, 1.82) is 0 Å². The van der Waals surface area contributed by atoms with Gasteiger partial charge < -0.3 is 5.73 Å². The lowest BCUT2D eigenvalue weighted by Crippen LogP contribution is -2.24. The standard InChI is InChI=1S/C6H7F3N2/c7-6(8,9)5-2-1-4(10)3-11-5/h3H,1-2,10H2. The van der Waals surface area contributed by atoms with E-state index in [1.165, 1.54) is 0 Å². The number of nitrogens with two attached hydrogens (primary N) is 1. The zero-order valence-corrected chi connectivity index (χ0v) is 5.65. The monoisotopic (exact) mass is 164 g/mol. The molecule has 0 saturated heterocycles. The topological polar surface area (TPSA) is 38.4 Å². The lowest BCUT2D eigenvalue weighted by Gasteiger charge is -2.12. The van der Waals surface area contributed by atoms with Crippen LogP contribution in [-0.2, 0) is 0 Å². The van der Waals surface area contributed by atoms with Gasteiger partial charge in [0.15, 0.2) is 0 Å². The Labute approximate surface area is 61.6 Å². The molecule has 0 fully saturated rings. The van der Waals surface area contributed by atoms with Gasteiger partial charge in [-0.25, -0.2) is 0 Å². The van der Waals surface area contributed by atoms with Crippen LogP contribution in [0.15, 0.2) is 16.9 Å². The van der Waals surface area contributed by atoms with E-state index in [1.807, 2.05) is 0 Å². The van der Waals surface area contributed by atoms with Gasteiger partial charge in [0.1, 0.15) is 5.71 Å². The van der Waals surface area contributed by atoms with E-state index in [2.05, 4.69) is 4.99 Å². The number of halogens is 3. The summed E-state index contributed by atoms with van der Waals surface area (Å²) in [6.07, 6.45) is -3.09. The van der Waals surface area contributed by atoms with E-state index in [1.54, 1.807) is 0 Å². The van der Waals surface area contributed by atoms with Gasteiger partial charge in [0.2, 0.25) is 0 Å². The number of alkyl halides is 3. The predicted molar refractivity (Wildman–Crippen MR) is 35.0 cm³/mol. The molecule has 5 heteroatoms. The van der Waals surface area contributed by atoms with Gasteiger partial charge in [0.25, 0.3) is 0 Å². The fourth-order valence-corrected chi connectivity index (χ4v) is 0.768. The Morgan fingerprint density at radius 1 is 1.36 bits per heavy atom. The van der Waals surface area contributed by atoms with E-state index in [9.17, 15) is 13.2 Å². The minimum atomic E-state index is -4.29. The Balaban J connectivity index is 2.77. The zero-order valence-electron chi connectivity index (χ0n) is 5.65. The summed E-state index contributed by atoms with van der Waals surface area (Å²) in [6.45, 7) is 0. The third kappa shape index (κ3) is 1.96. The second kappa shape index (κ2) is 2.56. The Morgan fingerprint density at radius 3 is 2.36 bits per heavy atom. The minimum Gasteiger partial charge on any atom is -0.401 e. The second-order valence-electron chi connectivity index (χ2n) is 2.28. The molecule has 0 amide bonds. The van der Waals surface area contributed by atoms with Crippen LogP contribution < -0.4 is 5.73 Å². The number of aliphatic imine (C=N–C) groups is 1. The molecule has 0 aromatic heterocycles. The summed E-state index contributed by atoms with van der Waals surface area (Å²) in [5.74, 6) is 0. The van der Waals surface area contributed by atoms with Crippen LogP contribution >= 0.6 is 0 Å². The first-order chi connectivity index (χ1) is 5.00. The Morgan fingerprint density at radius 2 is 2.00 bits per heavy atom. The van der Waals surface area contributed by atoms with Crippen LogP contribution in [0.1, 0.15) is 12.8 Å². The van der Waals surface area contributed by atoms with Crippen molar-refractivity contribution in [2.24, 2.45) is 10.7 Å². The third-order valence-corrected chi connectivity index (χ3v) is 1.36. The number of hydrogen-bond acceptors (Lipinski definition) is 2. The number of rotatable bonds is 0. The molecule has 0 spiro atoms. The summed E-state index contributed by atoms with van der Waals surface area (Å²) >= 11 is 0. The summed E-state index contributed by atoms with van der Waals surface area (Å²) in [7, 11) is 0. The van der Waals surface area contributed by atoms with Crippen LogP contribution in [0.3, 0.4) is 0 Å². The molecule has 11 heavy (non-hydrogen) atoms. The van der Waals surface area contributed by atoms with Gasteiger partial charge in [-0.05, 0) is 6.42 Å². The molecule has 1 aliphatic heterocycles. The van der Waals surface area contributed by atoms with Crippen molar-refractivity contribution in [2.75, 3.05) is 0 Å². The van der Waals surface area contributed by atoms with Crippen LogP contribution in [0.4, 0.5) is 13.2 Å². The molecule has 62 valence electrons. The van der Waals surface area contributed by atoms with Crippen molar-refractivity contribution < 1.29 is 13.2 Å². The molecule has 0 saturated carbocycles. The van der Waals surface area contributed by atoms with Gasteiger partial charge >= 0.3 is 6.18 Å². The average Bonchev–Trinajstić information content (AvgIpc) is 1.86. The van der Waals surface area contributed by atoms with Crippen LogP contribution in [-0.4, -0.2) is 11.9 Å². The summed E-state index contributed by atoms with van der Waals surface area (Å²) < 4.78 is 35.6. The first kappa shape index (κ1) is 8.10. The van der Waals surface area contributed by atoms with E-state index in [0.717, 1.165) is 6.20 Å². The molecule has 0 bridgehead atoms. The lowest BCUT2D eigenvalue weighted by molar-refractivity contribution is -0.0605. The highest BCUT2D eigenvalue weighted by Gasteiger charge is 2.35. The number of hydrogen-bond donors (Lipinski definition) is 1. The number of nitrogens with zero attached hydrogens (tertiary/aromatic N) is 1. The van der Waals surface area contributed by atoms with E-state index >= 15 is 0 Å². The van der Waals surface area contributed by atoms with Crippen molar-refractivity contribution in [2.45, 2.75) is 19.0 Å². The fourth-order valence-electron chi connectivity index (χ4n) is 0.768. The van der Waals surface area contributed by atoms with E-state index in [-0.39, 0.29) is 12.8 Å². The summed E-state index contributed by atoms with van der Waals surface area (Å²) in [5.41, 5.74) is 4.88. The van der Waals surface area contributed by atoms with E-state index < -0.39 is 11.9 Å². The first-order valence-electron chi connectivity index (χ1n) is 3.08. The molecule has 1 heterocycles. The molecule has 0 aliphatic carbocycles. The van der Waals surface area contributed by atoms with Gasteiger partial charge in [0, 0.05) is 18.3 Å². The maximum atomic E-state index is 11.9. The lowest BCUT2D eigenvalue weighted by atomic mass is 10.1. The summed E-state index contributed by atoms with van der Waals surface area (Å²) in [4.78, 5) is 3.19. The van der Waals surface area contributed by atoms with Crippen molar-refractivity contribution in [1.82, 2.24) is 0 Å². The first-order valence-corrected chi connectivity index (χ1v) is 3.08. The van der Waals surface area contributed by atoms with Gasteiger partial charge in [-0.2, -0.15) is 13.2 Å². The van der Waals surface area contributed by atoms with E-state index in [0.29, 0.717) is 5.70 Å². The van der Waals surface area contributed by atoms with E-state index in [4.69, 9.17) is 5.73 Å². The molecule has 1 rings (SSSR count). The highest BCUT2D eigenvalue weighted by molar-refractivity contribution is 5.90. The van der Waals surface area contributed by atoms with Crippen LogP contribution in [0.2, 0.25) is 0 Å². The van der Waals surface area contributed by atoms with Gasteiger partial charge in [-0.15, -0.1) is 0 Å². The van der Waals surface area contributed by atoms with Crippen molar-refractivity contribution in [3.63, 3.8) is 0 Å². The van der Waals surface area contributed by atoms with Gasteiger partial charge in [0.05, 0.1) is 0 Å². The largest absolute Gasteiger partial charge is 0.429 e. The maximum absolute atomic E-state index is 11.9. The number of allylic oxidation sites excluding steroid dienone is 1. The molecule has 0 aromatic rings. The van der Waals surface area contributed by atoms with Crippen LogP contribution in [0, 0.1) is 0 Å². The SMILES string of the molecule is NC1=CN=C(C(F)(F)F)CC1. The van der Waals surface area contributed by atoms with Crippen molar-refractivity contribution >= 4 is 5.71 Å². The smallest absolute Gasteiger partial charge is 0.401 e. The molecule has 0 aromatic carbocycles. The van der Waals surface area contributed by atoms with Crippen LogP contribution in [0.25, 0.3) is 0 Å². The molecule has 2 N–H and O–H groups in total. The van der Waals surface area contributed by atoms with Crippen molar-refractivity contribution in [3.05, 3.63) is 11.9 Å². The highest BCUT2D eigenvalue weighted by Crippen LogP contribution is 2.23. The molecule has 0 radical (unpaired) electrons. The minimum absolute atomic E-state index is 0.105. The summed E-state index contributed by atoms with van der Waals surface area (Å²) in [6, 6.07) is 0. The van der Waals surface area contributed by atoms with Gasteiger partial charge in [-0.1, -0.05) is 0 Å². The Hall–Kier alpha value is -1.00. The molecule has 0 unspecified atom stereocenters. The second-order valence-corrected chi connectivity index (χ2v) is 2.28. The molecule has 2 nitrogen and oxygen atoms in total. The summed E-state index contributed by atoms with van der Waals surface area (Å²) in [5, 5.41) is 0. The molecular formula is C6H7F3N2. The highest BCUT2D eigenvalue weighted by atomic mass is 19.4. The average molecular weight is 164 g/mol. The fraction of sp³-hybridized carbons (Fsp3) is 0.500. The molecule has 1 aliphatic rings. The normalized spacial score (nSPS) is 19.2. The van der Waals surface area contributed by atoms with Crippen molar-refractivity contribution in [3.8, 4) is 0 Å². The Bertz CT molecular complexity index is 214. The predicted octanol–water partition coefficient (Wildman–Crippen LogP) is 1.58. The maximum Gasteiger partial charge on any atom is 0.429 e. The zero-order chi connectivity index (χ0) is 8.48. The Kier molecular flexibility index (Phi) is 1.89. The van der Waals surface area contributed by atoms with Gasteiger partial charge in [-0.3, -0.25) is 4.99 Å². The quantitative estimate of drug-likeness (QED) is 0.580.